The number of thioether (sulfide) groups is 1. The van der Waals surface area contributed by atoms with E-state index in [1.807, 2.05) is 19.9 Å². The van der Waals surface area contributed by atoms with Crippen LogP contribution in [0.25, 0.3) is 0 Å². The molecular formula is C16H23N5O2S. The predicted octanol–water partition coefficient (Wildman–Crippen LogP) is 2.07. The number of hydrogen-bond donors (Lipinski definition) is 2. The fourth-order valence-corrected chi connectivity index (χ4v) is 3.28. The van der Waals surface area contributed by atoms with Gasteiger partial charge in [0.25, 0.3) is 0 Å². The molecule has 130 valence electrons. The summed E-state index contributed by atoms with van der Waals surface area (Å²) in [6.45, 7) is 5.50. The highest BCUT2D eigenvalue weighted by atomic mass is 32.2. The van der Waals surface area contributed by atoms with Crippen LogP contribution in [-0.4, -0.2) is 39.8 Å². The Labute approximate surface area is 145 Å². The number of nitrogens with zero attached hydrogens (tertiary/aromatic N) is 3. The van der Waals surface area contributed by atoms with Gasteiger partial charge in [-0.1, -0.05) is 11.8 Å². The Morgan fingerprint density at radius 1 is 1.25 bits per heavy atom. The number of methoxy groups -OCH3 is 1. The largest absolute Gasteiger partial charge is 0.385 e. The number of nitrogens with two attached hydrogens (primary N) is 2. The van der Waals surface area contributed by atoms with Crippen molar-refractivity contribution < 1.29 is 9.53 Å². The molecule has 7 nitrogen and oxygen atoms in total. The summed E-state index contributed by atoms with van der Waals surface area (Å²) < 4.78 is 7.23. The summed E-state index contributed by atoms with van der Waals surface area (Å²) in [5.41, 5.74) is 14.1. The van der Waals surface area contributed by atoms with Gasteiger partial charge in [0.1, 0.15) is 11.6 Å². The van der Waals surface area contributed by atoms with E-state index in [9.17, 15) is 4.79 Å². The Balaban J connectivity index is 2.05. The molecule has 0 aliphatic carbocycles. The van der Waals surface area contributed by atoms with Crippen molar-refractivity contribution in [2.24, 2.45) is 0 Å². The number of Topliss-reactive ketones (excluding diaryl/α,β-unsaturated/α-hetero) is 1. The summed E-state index contributed by atoms with van der Waals surface area (Å²) in [6.07, 6.45) is 0.908. The molecule has 0 unspecified atom stereocenters. The summed E-state index contributed by atoms with van der Waals surface area (Å²) in [4.78, 5) is 20.7. The van der Waals surface area contributed by atoms with Crippen molar-refractivity contribution in [3.05, 3.63) is 29.1 Å². The van der Waals surface area contributed by atoms with Gasteiger partial charge in [-0.2, -0.15) is 0 Å². The second kappa shape index (κ2) is 8.16. The number of nitrogen functional groups attached to an aromatic ring is 2. The lowest BCUT2D eigenvalue weighted by molar-refractivity contribution is 0.102. The molecule has 0 aliphatic rings. The molecule has 0 fully saturated rings. The van der Waals surface area contributed by atoms with Gasteiger partial charge in [-0.25, -0.2) is 9.97 Å². The predicted molar refractivity (Wildman–Crippen MR) is 96.3 cm³/mol. The van der Waals surface area contributed by atoms with E-state index in [2.05, 4.69) is 14.5 Å². The quantitative estimate of drug-likeness (QED) is 0.325. The minimum absolute atomic E-state index is 0.0377. The molecule has 0 amide bonds. The molecule has 0 bridgehead atoms. The van der Waals surface area contributed by atoms with Gasteiger partial charge in [0, 0.05) is 43.3 Å². The smallest absolute Gasteiger partial charge is 0.191 e. The van der Waals surface area contributed by atoms with Gasteiger partial charge < -0.3 is 20.8 Å². The summed E-state index contributed by atoms with van der Waals surface area (Å²) in [5.74, 6) is 0.879. The van der Waals surface area contributed by atoms with Crippen molar-refractivity contribution in [2.75, 3.05) is 30.9 Å². The van der Waals surface area contributed by atoms with Gasteiger partial charge in [-0.3, -0.25) is 4.79 Å². The molecule has 24 heavy (non-hydrogen) atoms. The van der Waals surface area contributed by atoms with E-state index in [0.717, 1.165) is 29.9 Å². The molecule has 0 radical (unpaired) electrons. The van der Waals surface area contributed by atoms with Crippen LogP contribution in [0.1, 0.15) is 28.2 Å². The summed E-state index contributed by atoms with van der Waals surface area (Å²) >= 11 is 1.24. The van der Waals surface area contributed by atoms with Crippen molar-refractivity contribution in [1.82, 2.24) is 14.5 Å². The maximum atomic E-state index is 12.5. The van der Waals surface area contributed by atoms with Crippen LogP contribution in [0, 0.1) is 13.8 Å². The first kappa shape index (κ1) is 18.3. The number of ketones is 1. The summed E-state index contributed by atoms with van der Waals surface area (Å²) in [6, 6.07) is 3.42. The third-order valence-electron chi connectivity index (χ3n) is 3.68. The second-order valence-electron chi connectivity index (χ2n) is 5.49. The number of aromatic nitrogens is 3. The Kier molecular flexibility index (Phi) is 6.22. The van der Waals surface area contributed by atoms with Gasteiger partial charge >= 0.3 is 0 Å². The monoisotopic (exact) mass is 349 g/mol. The third kappa shape index (κ3) is 4.48. The Morgan fingerprint density at radius 2 is 1.92 bits per heavy atom. The molecule has 0 atom stereocenters. The number of aryl methyl sites for hydroxylation is 1. The maximum Gasteiger partial charge on any atom is 0.191 e. The molecule has 2 aromatic heterocycles. The summed E-state index contributed by atoms with van der Waals surface area (Å²) in [7, 11) is 1.69. The van der Waals surface area contributed by atoms with E-state index < -0.39 is 0 Å². The zero-order chi connectivity index (χ0) is 17.7. The first-order chi connectivity index (χ1) is 11.4. The van der Waals surface area contributed by atoms with Crippen LogP contribution in [0.2, 0.25) is 0 Å². The van der Waals surface area contributed by atoms with Crippen molar-refractivity contribution in [3.8, 4) is 0 Å². The lowest BCUT2D eigenvalue weighted by Gasteiger charge is -2.09. The Morgan fingerprint density at radius 3 is 2.54 bits per heavy atom. The zero-order valence-corrected chi connectivity index (χ0v) is 15.0. The van der Waals surface area contributed by atoms with E-state index in [0.29, 0.717) is 23.4 Å². The molecule has 8 heteroatoms. The minimum Gasteiger partial charge on any atom is -0.385 e. The highest BCUT2D eigenvalue weighted by Crippen LogP contribution is 2.21. The number of ether oxygens (including phenoxy) is 1. The molecule has 0 saturated heterocycles. The Bertz CT molecular complexity index is 709. The van der Waals surface area contributed by atoms with E-state index in [1.54, 1.807) is 7.11 Å². The zero-order valence-electron chi connectivity index (χ0n) is 14.2. The molecule has 2 heterocycles. The van der Waals surface area contributed by atoms with Gasteiger partial charge in [0.05, 0.1) is 5.75 Å². The SMILES string of the molecule is COCCCn1c(C)cc(C(=O)CSc2nc(N)cc(N)n2)c1C. The highest BCUT2D eigenvalue weighted by molar-refractivity contribution is 7.99. The van der Waals surface area contributed by atoms with Crippen LogP contribution in [0.15, 0.2) is 17.3 Å². The van der Waals surface area contributed by atoms with Crippen LogP contribution in [-0.2, 0) is 11.3 Å². The van der Waals surface area contributed by atoms with Crippen molar-refractivity contribution in [2.45, 2.75) is 32.0 Å². The van der Waals surface area contributed by atoms with Crippen molar-refractivity contribution in [1.29, 1.82) is 0 Å². The number of carbonyl (C=O) groups excluding carboxylic acids is 1. The Hall–Kier alpha value is -2.06. The van der Waals surface area contributed by atoms with Gasteiger partial charge in [0.15, 0.2) is 10.9 Å². The average molecular weight is 349 g/mol. The van der Waals surface area contributed by atoms with Gasteiger partial charge in [-0.05, 0) is 26.3 Å². The van der Waals surface area contributed by atoms with E-state index in [1.165, 1.54) is 17.8 Å². The summed E-state index contributed by atoms with van der Waals surface area (Å²) in [5, 5.41) is 0.412. The first-order valence-electron chi connectivity index (χ1n) is 7.64. The van der Waals surface area contributed by atoms with Crippen LogP contribution in [0.4, 0.5) is 11.6 Å². The van der Waals surface area contributed by atoms with E-state index in [-0.39, 0.29) is 11.5 Å². The van der Waals surface area contributed by atoms with Crippen molar-refractivity contribution >= 4 is 29.2 Å². The highest BCUT2D eigenvalue weighted by Gasteiger charge is 2.16. The van der Waals surface area contributed by atoms with Gasteiger partial charge in [-0.15, -0.1) is 0 Å². The van der Waals surface area contributed by atoms with E-state index >= 15 is 0 Å². The number of carbonyl (C=O) groups is 1. The topological polar surface area (TPSA) is 109 Å². The fourth-order valence-electron chi connectivity index (χ4n) is 2.53. The molecule has 0 aromatic carbocycles. The molecule has 4 N–H and O–H groups in total. The second-order valence-corrected chi connectivity index (χ2v) is 6.44. The van der Waals surface area contributed by atoms with Crippen LogP contribution in [0.3, 0.4) is 0 Å². The van der Waals surface area contributed by atoms with Crippen molar-refractivity contribution in [3.63, 3.8) is 0 Å². The standard InChI is InChI=1S/C16H23N5O2S/c1-10-7-12(11(2)21(10)5-4-6-23-3)13(22)9-24-16-19-14(17)8-15(18)20-16/h7-8H,4-6,9H2,1-3H3,(H4,17,18,19,20). The molecule has 0 saturated carbocycles. The van der Waals surface area contributed by atoms with E-state index in [4.69, 9.17) is 16.2 Å². The lowest BCUT2D eigenvalue weighted by Crippen LogP contribution is -2.08. The third-order valence-corrected chi connectivity index (χ3v) is 4.53. The number of anilines is 2. The lowest BCUT2D eigenvalue weighted by atomic mass is 10.2. The van der Waals surface area contributed by atoms with Crippen LogP contribution >= 0.6 is 11.8 Å². The van der Waals surface area contributed by atoms with Crippen LogP contribution in [0.5, 0.6) is 0 Å². The normalized spacial score (nSPS) is 11.0. The molecule has 2 rings (SSSR count). The molecule has 0 aliphatic heterocycles. The van der Waals surface area contributed by atoms with Gasteiger partial charge in [0.2, 0.25) is 0 Å². The average Bonchev–Trinajstić information content (AvgIpc) is 2.80. The number of hydrogen-bond acceptors (Lipinski definition) is 7. The first-order valence-corrected chi connectivity index (χ1v) is 8.62. The maximum absolute atomic E-state index is 12.5. The minimum atomic E-state index is 0.0377. The molecule has 2 aromatic rings. The molecule has 0 spiro atoms. The fraction of sp³-hybridized carbons (Fsp3) is 0.438. The molecular weight excluding hydrogens is 326 g/mol. The number of rotatable bonds is 8. The van der Waals surface area contributed by atoms with Crippen LogP contribution < -0.4 is 11.5 Å².